The molecule has 0 N–H and O–H groups in total. The molecule has 0 radical (unpaired) electrons. The molecule has 114 valence electrons. The zero-order valence-corrected chi connectivity index (χ0v) is 13.7. The van der Waals surface area contributed by atoms with Crippen molar-refractivity contribution in [3.8, 4) is 0 Å². The molecule has 1 aliphatic heterocycles. The van der Waals surface area contributed by atoms with Gasteiger partial charge >= 0.3 is 8.80 Å². The van der Waals surface area contributed by atoms with Crippen LogP contribution in [0.3, 0.4) is 0 Å². The van der Waals surface area contributed by atoms with Crippen molar-refractivity contribution < 1.29 is 22.8 Å². The molecule has 1 heterocycles. The van der Waals surface area contributed by atoms with Crippen molar-refractivity contribution >= 4 is 8.80 Å². The first-order valence-electron chi connectivity index (χ1n) is 7.23. The van der Waals surface area contributed by atoms with Gasteiger partial charge in [-0.2, -0.15) is 0 Å². The van der Waals surface area contributed by atoms with E-state index < -0.39 is 8.80 Å². The second kappa shape index (κ2) is 8.34. The molecule has 0 atom stereocenters. The lowest BCUT2D eigenvalue weighted by molar-refractivity contribution is -0.198. The quantitative estimate of drug-likeness (QED) is 0.432. The molecule has 1 saturated heterocycles. The Morgan fingerprint density at radius 3 is 1.89 bits per heavy atom. The first kappa shape index (κ1) is 17.1. The van der Waals surface area contributed by atoms with Crippen LogP contribution in [0, 0.1) is 0 Å². The summed E-state index contributed by atoms with van der Waals surface area (Å²) in [6, 6.07) is 0.805. The molecule has 5 nitrogen and oxygen atoms in total. The van der Waals surface area contributed by atoms with Crippen molar-refractivity contribution in [1.29, 1.82) is 0 Å². The van der Waals surface area contributed by atoms with E-state index in [0.717, 1.165) is 12.5 Å². The highest BCUT2D eigenvalue weighted by molar-refractivity contribution is 6.60. The Bertz CT molecular complexity index is 228. The summed E-state index contributed by atoms with van der Waals surface area (Å²) < 4.78 is 28.4. The van der Waals surface area contributed by atoms with Crippen molar-refractivity contribution in [3.63, 3.8) is 0 Å². The van der Waals surface area contributed by atoms with Crippen LogP contribution < -0.4 is 0 Å². The minimum Gasteiger partial charge on any atom is -0.375 e. The van der Waals surface area contributed by atoms with Crippen LogP contribution >= 0.6 is 0 Å². The Morgan fingerprint density at radius 2 is 1.53 bits per heavy atom. The second-order valence-electron chi connectivity index (χ2n) is 4.88. The molecule has 0 aromatic carbocycles. The Balaban J connectivity index is 2.33. The average molecular weight is 292 g/mol. The predicted octanol–water partition coefficient (Wildman–Crippen LogP) is 2.23. The van der Waals surface area contributed by atoms with Crippen molar-refractivity contribution in [2.45, 2.75) is 45.8 Å². The van der Waals surface area contributed by atoms with E-state index >= 15 is 0 Å². The summed E-state index contributed by atoms with van der Waals surface area (Å²) >= 11 is 0. The van der Waals surface area contributed by atoms with Crippen LogP contribution in [0.1, 0.15) is 34.1 Å². The fraction of sp³-hybridized carbons (Fsp3) is 1.00. The molecule has 0 bridgehead atoms. The van der Waals surface area contributed by atoms with Gasteiger partial charge in [-0.15, -0.1) is 0 Å². The first-order valence-corrected chi connectivity index (χ1v) is 9.16. The van der Waals surface area contributed by atoms with Gasteiger partial charge in [-0.05, 0) is 34.1 Å². The Morgan fingerprint density at radius 1 is 1.00 bits per heavy atom. The molecule has 0 aliphatic carbocycles. The van der Waals surface area contributed by atoms with Gasteiger partial charge < -0.3 is 22.8 Å². The van der Waals surface area contributed by atoms with E-state index in [0.29, 0.717) is 39.6 Å². The minimum absolute atomic E-state index is 0.0902. The molecule has 6 heteroatoms. The SMILES string of the molecule is CCO[Si](CCCOC1(C)COC1)(OCC)OCC. The Labute approximate surface area is 117 Å². The lowest BCUT2D eigenvalue weighted by Gasteiger charge is -2.38. The van der Waals surface area contributed by atoms with Crippen LogP contribution in [0.2, 0.25) is 6.04 Å². The second-order valence-corrected chi connectivity index (χ2v) is 7.61. The third kappa shape index (κ3) is 5.49. The fourth-order valence-electron chi connectivity index (χ4n) is 2.08. The molecule has 0 saturated carbocycles. The average Bonchev–Trinajstić information content (AvgIpc) is 2.33. The van der Waals surface area contributed by atoms with Crippen LogP contribution in [0.5, 0.6) is 0 Å². The van der Waals surface area contributed by atoms with Gasteiger partial charge in [-0.25, -0.2) is 0 Å². The minimum atomic E-state index is -2.50. The summed E-state index contributed by atoms with van der Waals surface area (Å²) in [5.41, 5.74) is -0.0902. The highest BCUT2D eigenvalue weighted by atomic mass is 28.4. The van der Waals surface area contributed by atoms with Gasteiger partial charge in [0, 0.05) is 32.5 Å². The molecule has 1 rings (SSSR count). The molecule has 0 unspecified atom stereocenters. The van der Waals surface area contributed by atoms with Crippen molar-refractivity contribution in [2.75, 3.05) is 39.6 Å². The van der Waals surface area contributed by atoms with Gasteiger partial charge in [0.1, 0.15) is 5.60 Å². The van der Waals surface area contributed by atoms with Crippen LogP contribution in [0.15, 0.2) is 0 Å². The van der Waals surface area contributed by atoms with E-state index in [4.69, 9.17) is 22.8 Å². The zero-order valence-electron chi connectivity index (χ0n) is 12.7. The molecule has 0 spiro atoms. The summed E-state index contributed by atoms with van der Waals surface area (Å²) in [6.45, 7) is 12.0. The maximum atomic E-state index is 5.83. The highest BCUT2D eigenvalue weighted by Crippen LogP contribution is 2.23. The fourth-order valence-corrected chi connectivity index (χ4v) is 4.66. The molecule has 1 aliphatic rings. The van der Waals surface area contributed by atoms with E-state index in [1.54, 1.807) is 0 Å². The Hall–Kier alpha value is 0.0169. The first-order chi connectivity index (χ1) is 9.10. The van der Waals surface area contributed by atoms with Crippen molar-refractivity contribution in [2.24, 2.45) is 0 Å². The summed E-state index contributed by atoms with van der Waals surface area (Å²) in [5.74, 6) is 0. The van der Waals surface area contributed by atoms with Gasteiger partial charge in [-0.1, -0.05) is 0 Å². The van der Waals surface area contributed by atoms with Crippen LogP contribution in [0.4, 0.5) is 0 Å². The molecule has 0 aromatic heterocycles. The maximum absolute atomic E-state index is 5.83. The zero-order chi connectivity index (χ0) is 14.2. The Kier molecular flexibility index (Phi) is 7.49. The van der Waals surface area contributed by atoms with Crippen LogP contribution in [0.25, 0.3) is 0 Å². The number of ether oxygens (including phenoxy) is 2. The number of hydrogen-bond acceptors (Lipinski definition) is 5. The lowest BCUT2D eigenvalue weighted by atomic mass is 10.1. The van der Waals surface area contributed by atoms with Gasteiger partial charge in [-0.3, -0.25) is 0 Å². The normalized spacial score (nSPS) is 18.3. The van der Waals surface area contributed by atoms with Crippen LogP contribution in [-0.4, -0.2) is 54.0 Å². The maximum Gasteiger partial charge on any atom is 0.501 e. The molecular weight excluding hydrogens is 264 g/mol. The third-order valence-electron chi connectivity index (χ3n) is 2.99. The molecule has 0 amide bonds. The van der Waals surface area contributed by atoms with E-state index in [1.807, 2.05) is 20.8 Å². The van der Waals surface area contributed by atoms with Gasteiger partial charge in [0.2, 0.25) is 0 Å². The standard InChI is InChI=1S/C13H28O5Si/c1-5-16-19(17-6-2,18-7-3)10-8-9-15-13(4)11-14-12-13/h5-12H2,1-4H3. The van der Waals surface area contributed by atoms with Gasteiger partial charge in [0.25, 0.3) is 0 Å². The summed E-state index contributed by atoms with van der Waals surface area (Å²) in [4.78, 5) is 0. The topological polar surface area (TPSA) is 46.2 Å². The van der Waals surface area contributed by atoms with E-state index in [1.165, 1.54) is 0 Å². The highest BCUT2D eigenvalue weighted by Gasteiger charge is 2.40. The molecule has 1 fully saturated rings. The van der Waals surface area contributed by atoms with Crippen molar-refractivity contribution in [3.05, 3.63) is 0 Å². The summed E-state index contributed by atoms with van der Waals surface area (Å²) in [5, 5.41) is 0. The van der Waals surface area contributed by atoms with E-state index in [2.05, 4.69) is 6.92 Å². The van der Waals surface area contributed by atoms with Gasteiger partial charge in [0.05, 0.1) is 13.2 Å². The molecule has 0 aromatic rings. The molecular formula is C13H28O5Si. The smallest absolute Gasteiger partial charge is 0.375 e. The molecule has 19 heavy (non-hydrogen) atoms. The largest absolute Gasteiger partial charge is 0.501 e. The summed E-state index contributed by atoms with van der Waals surface area (Å²) in [7, 11) is -2.50. The number of rotatable bonds is 11. The predicted molar refractivity (Wildman–Crippen MR) is 75.2 cm³/mol. The van der Waals surface area contributed by atoms with Crippen molar-refractivity contribution in [1.82, 2.24) is 0 Å². The number of hydrogen-bond donors (Lipinski definition) is 0. The van der Waals surface area contributed by atoms with E-state index in [-0.39, 0.29) is 5.60 Å². The summed E-state index contributed by atoms with van der Waals surface area (Å²) in [6.07, 6.45) is 0.891. The van der Waals surface area contributed by atoms with Crippen LogP contribution in [-0.2, 0) is 22.8 Å². The van der Waals surface area contributed by atoms with Gasteiger partial charge in [0.15, 0.2) is 0 Å². The lowest BCUT2D eigenvalue weighted by Crippen LogP contribution is -2.50. The van der Waals surface area contributed by atoms with E-state index in [9.17, 15) is 0 Å². The third-order valence-corrected chi connectivity index (χ3v) is 6.14. The monoisotopic (exact) mass is 292 g/mol.